The Hall–Kier alpha value is -1.15. The van der Waals surface area contributed by atoms with E-state index in [-0.39, 0.29) is 33.6 Å². The van der Waals surface area contributed by atoms with Gasteiger partial charge < -0.3 is 4.74 Å². The molecule has 0 bridgehead atoms. The fourth-order valence-electron chi connectivity index (χ4n) is 2.00. The van der Waals surface area contributed by atoms with Crippen LogP contribution in [0.25, 0.3) is 0 Å². The van der Waals surface area contributed by atoms with Crippen LogP contribution < -0.4 is 25.9 Å². The third kappa shape index (κ3) is 4.91. The van der Waals surface area contributed by atoms with E-state index in [1.54, 1.807) is 6.07 Å². The highest BCUT2D eigenvalue weighted by Gasteiger charge is 2.14. The van der Waals surface area contributed by atoms with Gasteiger partial charge in [-0.2, -0.15) is 0 Å². The molecule has 0 unspecified atom stereocenters. The minimum atomic E-state index is -0.219. The van der Waals surface area contributed by atoms with Crippen LogP contribution in [0.3, 0.4) is 0 Å². The maximum atomic E-state index is 13.8. The molecule has 3 rings (SSSR count). The van der Waals surface area contributed by atoms with Gasteiger partial charge in [0.25, 0.3) is 0 Å². The van der Waals surface area contributed by atoms with Gasteiger partial charge in [-0.3, -0.25) is 0 Å². The summed E-state index contributed by atoms with van der Waals surface area (Å²) >= 11 is 1.93. The first-order chi connectivity index (χ1) is 11.2. The van der Waals surface area contributed by atoms with Gasteiger partial charge >= 0.3 is 21.2 Å². The lowest BCUT2D eigenvalue weighted by atomic mass is 10.2. The predicted molar refractivity (Wildman–Crippen MR) is 93.7 cm³/mol. The molecule has 0 aromatic heterocycles. The van der Waals surface area contributed by atoms with Crippen LogP contribution in [0.2, 0.25) is 0 Å². The molecule has 3 aromatic rings. The highest BCUT2D eigenvalue weighted by atomic mass is 127. The summed E-state index contributed by atoms with van der Waals surface area (Å²) in [7, 11) is 0. The van der Waals surface area contributed by atoms with Crippen molar-refractivity contribution in [2.45, 2.75) is 6.61 Å². The summed E-state index contributed by atoms with van der Waals surface area (Å²) in [5, 5.41) is 0. The number of hydrogen-bond donors (Lipinski definition) is 0. The molecule has 0 spiro atoms. The normalized spacial score (nSPS) is 10.5. The second-order valence-corrected chi connectivity index (χ2v) is 9.14. The molecule has 0 radical (unpaired) electrons. The van der Waals surface area contributed by atoms with Crippen LogP contribution in [-0.2, 0) is 6.61 Å². The van der Waals surface area contributed by atoms with Gasteiger partial charge in [-0.15, -0.1) is 0 Å². The van der Waals surface area contributed by atoms with Crippen LogP contribution in [0, 0.1) is 16.5 Å². The quantitative estimate of drug-likeness (QED) is 0.459. The van der Waals surface area contributed by atoms with Gasteiger partial charge in [-0.1, -0.05) is 24.3 Å². The third-order valence-corrected chi connectivity index (χ3v) is 6.53. The Balaban J connectivity index is 1.61. The highest BCUT2D eigenvalue weighted by Crippen LogP contribution is 2.16. The van der Waals surface area contributed by atoms with Gasteiger partial charge in [-0.05, 0) is 71.1 Å². The summed E-state index contributed by atoms with van der Waals surface area (Å²) in [4.78, 5) is 0. The maximum Gasteiger partial charge on any atom is 0.357 e. The molecule has 0 amide bonds. The molecular weight excluding hydrogens is 517 g/mol. The van der Waals surface area contributed by atoms with Crippen LogP contribution in [0.1, 0.15) is 5.56 Å². The van der Waals surface area contributed by atoms with E-state index in [4.69, 9.17) is 4.74 Å². The first-order valence-corrected chi connectivity index (χ1v) is 10.3. The average Bonchev–Trinajstić information content (AvgIpc) is 2.56. The molecule has 0 heterocycles. The van der Waals surface area contributed by atoms with E-state index in [9.17, 15) is 4.39 Å². The Morgan fingerprint density at radius 1 is 0.870 bits per heavy atom. The van der Waals surface area contributed by atoms with E-state index < -0.39 is 0 Å². The topological polar surface area (TPSA) is 9.23 Å². The van der Waals surface area contributed by atoms with Crippen LogP contribution >= 0.6 is 22.6 Å². The SMILES string of the molecule is Fc1cc(I)ccc1COc1ccc([I+]c2ccccc2)cc1. The molecule has 4 heteroatoms. The van der Waals surface area contributed by atoms with Crippen molar-refractivity contribution < 1.29 is 30.3 Å². The minimum absolute atomic E-state index is 0.164. The summed E-state index contributed by atoms with van der Waals surface area (Å²) < 4.78 is 23.1. The zero-order valence-corrected chi connectivity index (χ0v) is 16.5. The van der Waals surface area contributed by atoms with E-state index >= 15 is 0 Å². The second-order valence-electron chi connectivity index (χ2n) is 4.87. The average molecular weight is 531 g/mol. The number of hydrogen-bond acceptors (Lipinski definition) is 1. The van der Waals surface area contributed by atoms with E-state index in [1.807, 2.05) is 24.3 Å². The summed E-state index contributed by atoms with van der Waals surface area (Å²) in [5.74, 6) is 0.548. The Bertz CT molecular complexity index is 773. The Morgan fingerprint density at radius 2 is 1.57 bits per heavy atom. The van der Waals surface area contributed by atoms with E-state index in [0.717, 1.165) is 9.32 Å². The van der Waals surface area contributed by atoms with Crippen molar-refractivity contribution >= 4 is 22.6 Å². The van der Waals surface area contributed by atoms with E-state index in [2.05, 4.69) is 59.0 Å². The molecule has 3 aromatic carbocycles. The molecule has 0 aliphatic rings. The van der Waals surface area contributed by atoms with Gasteiger partial charge in [0.05, 0.1) is 0 Å². The second kappa shape index (κ2) is 8.10. The summed E-state index contributed by atoms with van der Waals surface area (Å²) in [5.41, 5.74) is 0.575. The van der Waals surface area contributed by atoms with E-state index in [1.165, 1.54) is 13.2 Å². The first-order valence-electron chi connectivity index (χ1n) is 7.07. The zero-order valence-electron chi connectivity index (χ0n) is 12.2. The summed E-state index contributed by atoms with van der Waals surface area (Å²) in [6.07, 6.45) is 0. The van der Waals surface area contributed by atoms with Gasteiger partial charge in [0.2, 0.25) is 0 Å². The molecule has 116 valence electrons. The number of benzene rings is 3. The maximum absolute atomic E-state index is 13.8. The fourth-order valence-corrected chi connectivity index (χ4v) is 4.66. The fraction of sp³-hybridized carbons (Fsp3) is 0.0526. The van der Waals surface area contributed by atoms with Crippen molar-refractivity contribution in [3.05, 3.63) is 94.9 Å². The molecule has 0 N–H and O–H groups in total. The van der Waals surface area contributed by atoms with Gasteiger partial charge in [0, 0.05) is 9.13 Å². The molecule has 0 saturated heterocycles. The van der Waals surface area contributed by atoms with Crippen LogP contribution in [0.15, 0.2) is 72.8 Å². The Labute approximate surface area is 159 Å². The molecule has 0 aliphatic carbocycles. The lowest BCUT2D eigenvalue weighted by molar-refractivity contribution is -0.597. The monoisotopic (exact) mass is 531 g/mol. The largest absolute Gasteiger partial charge is 0.489 e. The van der Waals surface area contributed by atoms with Crippen LogP contribution in [0.4, 0.5) is 4.39 Å². The molecule has 1 nitrogen and oxygen atoms in total. The third-order valence-electron chi connectivity index (χ3n) is 3.17. The van der Waals surface area contributed by atoms with Crippen molar-refractivity contribution in [1.29, 1.82) is 0 Å². The minimum Gasteiger partial charge on any atom is -0.489 e. The first kappa shape index (κ1) is 16.7. The smallest absolute Gasteiger partial charge is 0.357 e. The molecular formula is C19H14FI2O+. The van der Waals surface area contributed by atoms with Gasteiger partial charge in [0.15, 0.2) is 7.14 Å². The Morgan fingerprint density at radius 3 is 2.26 bits per heavy atom. The summed E-state index contributed by atoms with van der Waals surface area (Å²) in [6.45, 7) is 0.246. The number of halogens is 3. The van der Waals surface area contributed by atoms with Crippen LogP contribution in [-0.4, -0.2) is 0 Å². The molecule has 23 heavy (non-hydrogen) atoms. The molecule has 0 atom stereocenters. The lowest BCUT2D eigenvalue weighted by Gasteiger charge is -2.07. The van der Waals surface area contributed by atoms with Crippen molar-refractivity contribution in [2.75, 3.05) is 0 Å². The van der Waals surface area contributed by atoms with Crippen molar-refractivity contribution in [3.63, 3.8) is 0 Å². The van der Waals surface area contributed by atoms with Crippen LogP contribution in [0.5, 0.6) is 5.75 Å². The van der Waals surface area contributed by atoms with Gasteiger partial charge in [-0.25, -0.2) is 4.39 Å². The Kier molecular flexibility index (Phi) is 5.88. The number of rotatable bonds is 5. The standard InChI is InChI=1S/C19H14FI2O/c20-19-12-15(21)7-6-14(19)13-23-18-10-8-17(9-11-18)22-16-4-2-1-3-5-16/h1-12H,13H2/q+1. The lowest BCUT2D eigenvalue weighted by Crippen LogP contribution is -3.61. The molecule has 0 saturated carbocycles. The van der Waals surface area contributed by atoms with Crippen molar-refractivity contribution in [1.82, 2.24) is 0 Å². The zero-order chi connectivity index (χ0) is 16.1. The molecule has 0 fully saturated rings. The van der Waals surface area contributed by atoms with Gasteiger partial charge in [0.1, 0.15) is 18.2 Å². The summed E-state index contributed by atoms with van der Waals surface area (Å²) in [6, 6.07) is 23.8. The predicted octanol–water partition coefficient (Wildman–Crippen LogP) is 2.14. The number of ether oxygens (including phenoxy) is 1. The van der Waals surface area contributed by atoms with E-state index in [0.29, 0.717) is 5.56 Å². The van der Waals surface area contributed by atoms with Crippen molar-refractivity contribution in [3.8, 4) is 5.75 Å². The molecule has 0 aliphatic heterocycles. The highest BCUT2D eigenvalue weighted by molar-refractivity contribution is 14.1. The van der Waals surface area contributed by atoms with Crippen molar-refractivity contribution in [2.24, 2.45) is 0 Å².